The molecule has 0 fully saturated rings. The summed E-state index contributed by atoms with van der Waals surface area (Å²) in [5.74, 6) is 0. The van der Waals surface area contributed by atoms with Crippen molar-refractivity contribution >= 4 is 108 Å². The van der Waals surface area contributed by atoms with Gasteiger partial charge in [0.1, 0.15) is 0 Å². The molecule has 0 unspecified atom stereocenters. The molecule has 0 amide bonds. The van der Waals surface area contributed by atoms with Crippen molar-refractivity contribution in [1.82, 2.24) is 0 Å². The summed E-state index contributed by atoms with van der Waals surface area (Å²) in [6, 6.07) is 86.2. The number of hydrogen-bond acceptors (Lipinski definition) is 0. The Hall–Kier alpha value is -8.32. The van der Waals surface area contributed by atoms with E-state index in [0.717, 1.165) is 0 Å². The first-order valence-corrected chi connectivity index (χ1v) is 22.3. The maximum Gasteiger partial charge on any atom is -0.00139 e. The summed E-state index contributed by atoms with van der Waals surface area (Å²) >= 11 is 0. The molecule has 0 N–H and O–H groups in total. The Morgan fingerprint density at radius 3 is 0.531 bits per heavy atom. The molecule has 0 aromatic heterocycles. The lowest BCUT2D eigenvalue weighted by Crippen LogP contribution is -1.95. The lowest BCUT2D eigenvalue weighted by atomic mass is 9.80. The van der Waals surface area contributed by atoms with Gasteiger partial charge in [-0.2, -0.15) is 0 Å². The molecule has 0 bridgehead atoms. The van der Waals surface area contributed by atoms with Crippen LogP contribution in [0.5, 0.6) is 0 Å². The summed E-state index contributed by atoms with van der Waals surface area (Å²) < 4.78 is 0. The first-order valence-electron chi connectivity index (χ1n) is 22.3. The fraction of sp³-hybridized carbons (Fsp3) is 0. The van der Waals surface area contributed by atoms with Crippen LogP contribution in [0.15, 0.2) is 231 Å². The molecule has 0 aliphatic heterocycles. The first kappa shape index (κ1) is 35.3. The molecular formula is C64H38. The van der Waals surface area contributed by atoms with Crippen LogP contribution in [0.1, 0.15) is 0 Å². The number of hydrogen-bond donors (Lipinski definition) is 0. The average molecular weight is 807 g/mol. The minimum atomic E-state index is 1.23. The molecule has 0 saturated heterocycles. The zero-order valence-corrected chi connectivity index (χ0v) is 34.9. The van der Waals surface area contributed by atoms with Crippen LogP contribution in [0.25, 0.3) is 141 Å². The number of benzene rings is 14. The molecule has 14 aromatic carbocycles. The molecule has 0 heterocycles. The standard InChI is InChI=1S/C64H38/c1-3-21-45-41(17-1)43-19-5-7-23-47(43)59-37-39(33-35-49(45)59)61-51-25-9-13-29-55(51)63(56-30-14-10-26-52(56)61)64-57-31-15-11-27-53(57)62(54-28-12-16-32-58(54)64)40-34-36-50-46-22-4-2-18-42(46)44-20-6-8-24-48(44)60(50)38-40/h1-38H. The molecule has 294 valence electrons. The minimum Gasteiger partial charge on any atom is -0.0616 e. The van der Waals surface area contributed by atoms with Gasteiger partial charge in [0, 0.05) is 0 Å². The van der Waals surface area contributed by atoms with E-state index < -0.39 is 0 Å². The van der Waals surface area contributed by atoms with E-state index in [9.17, 15) is 0 Å². The topological polar surface area (TPSA) is 0 Å². The third-order valence-electron chi connectivity index (χ3n) is 14.2. The van der Waals surface area contributed by atoms with Gasteiger partial charge in [-0.25, -0.2) is 0 Å². The Kier molecular flexibility index (Phi) is 7.49. The van der Waals surface area contributed by atoms with Gasteiger partial charge >= 0.3 is 0 Å². The van der Waals surface area contributed by atoms with Crippen LogP contribution in [0.3, 0.4) is 0 Å². The Labute approximate surface area is 369 Å². The Morgan fingerprint density at radius 1 is 0.125 bits per heavy atom. The van der Waals surface area contributed by atoms with Gasteiger partial charge in [-0.3, -0.25) is 0 Å². The Morgan fingerprint density at radius 2 is 0.297 bits per heavy atom. The largest absolute Gasteiger partial charge is 0.0616 e. The first-order chi connectivity index (χ1) is 31.8. The zero-order valence-electron chi connectivity index (χ0n) is 34.9. The van der Waals surface area contributed by atoms with Gasteiger partial charge in [-0.05, 0) is 153 Å². The molecule has 14 rings (SSSR count). The molecule has 0 radical (unpaired) electrons. The van der Waals surface area contributed by atoms with E-state index in [4.69, 9.17) is 0 Å². The van der Waals surface area contributed by atoms with Gasteiger partial charge in [0.25, 0.3) is 0 Å². The smallest absolute Gasteiger partial charge is 0.00139 e. The van der Waals surface area contributed by atoms with Gasteiger partial charge in [-0.1, -0.05) is 218 Å². The fourth-order valence-electron chi connectivity index (χ4n) is 11.5. The highest BCUT2D eigenvalue weighted by molar-refractivity contribution is 6.32. The van der Waals surface area contributed by atoms with Gasteiger partial charge in [0.05, 0.1) is 0 Å². The summed E-state index contributed by atoms with van der Waals surface area (Å²) in [4.78, 5) is 0. The van der Waals surface area contributed by atoms with E-state index in [-0.39, 0.29) is 0 Å². The van der Waals surface area contributed by atoms with Crippen LogP contribution in [0.2, 0.25) is 0 Å². The lowest BCUT2D eigenvalue weighted by Gasteiger charge is -2.22. The van der Waals surface area contributed by atoms with Gasteiger partial charge < -0.3 is 0 Å². The summed E-state index contributed by atoms with van der Waals surface area (Å²) in [7, 11) is 0. The second kappa shape index (κ2) is 13.6. The van der Waals surface area contributed by atoms with Crippen LogP contribution in [0.4, 0.5) is 0 Å². The van der Waals surface area contributed by atoms with Crippen LogP contribution >= 0.6 is 0 Å². The molecule has 0 aliphatic carbocycles. The predicted molar refractivity (Wildman–Crippen MR) is 278 cm³/mol. The highest BCUT2D eigenvalue weighted by atomic mass is 14.3. The zero-order chi connectivity index (χ0) is 41.9. The Balaban J connectivity index is 1.07. The molecule has 0 nitrogen and oxygen atoms in total. The monoisotopic (exact) mass is 806 g/mol. The van der Waals surface area contributed by atoms with E-state index in [1.165, 1.54) is 141 Å². The van der Waals surface area contributed by atoms with E-state index in [0.29, 0.717) is 0 Å². The summed E-state index contributed by atoms with van der Waals surface area (Å²) in [5.41, 5.74) is 7.57. The molecule has 0 heteroatoms. The van der Waals surface area contributed by atoms with E-state index >= 15 is 0 Å². The van der Waals surface area contributed by atoms with Gasteiger partial charge in [0.2, 0.25) is 0 Å². The lowest BCUT2D eigenvalue weighted by molar-refractivity contribution is 1.69. The third kappa shape index (κ3) is 4.94. The minimum absolute atomic E-state index is 1.23. The van der Waals surface area contributed by atoms with E-state index in [2.05, 4.69) is 231 Å². The fourth-order valence-corrected chi connectivity index (χ4v) is 11.5. The highest BCUT2D eigenvalue weighted by Crippen LogP contribution is 2.51. The molecule has 0 spiro atoms. The quantitative estimate of drug-likeness (QED) is 0.123. The highest BCUT2D eigenvalue weighted by Gasteiger charge is 2.23. The maximum absolute atomic E-state index is 2.45. The van der Waals surface area contributed by atoms with Crippen molar-refractivity contribution in [3.8, 4) is 33.4 Å². The van der Waals surface area contributed by atoms with Gasteiger partial charge in [0.15, 0.2) is 0 Å². The van der Waals surface area contributed by atoms with Crippen molar-refractivity contribution in [2.45, 2.75) is 0 Å². The second-order valence-corrected chi connectivity index (χ2v) is 17.4. The van der Waals surface area contributed by atoms with E-state index in [1.807, 2.05) is 0 Å². The Bertz CT molecular complexity index is 3840. The average Bonchev–Trinajstić information content (AvgIpc) is 3.37. The van der Waals surface area contributed by atoms with Crippen molar-refractivity contribution in [1.29, 1.82) is 0 Å². The molecule has 0 aliphatic rings. The van der Waals surface area contributed by atoms with Crippen molar-refractivity contribution in [3.63, 3.8) is 0 Å². The van der Waals surface area contributed by atoms with Crippen molar-refractivity contribution in [3.05, 3.63) is 231 Å². The summed E-state index contributed by atoms with van der Waals surface area (Å²) in [6.45, 7) is 0. The van der Waals surface area contributed by atoms with Gasteiger partial charge in [-0.15, -0.1) is 0 Å². The van der Waals surface area contributed by atoms with Crippen LogP contribution in [0, 0.1) is 0 Å². The van der Waals surface area contributed by atoms with Crippen LogP contribution < -0.4 is 0 Å². The molecular weight excluding hydrogens is 769 g/mol. The predicted octanol–water partition coefficient (Wildman–Crippen LogP) is 18.2. The maximum atomic E-state index is 2.45. The summed E-state index contributed by atoms with van der Waals surface area (Å²) in [5, 5.41) is 25.5. The SMILES string of the molecule is c1ccc2c(-c3c4ccccc4c(-c4ccc5c6ccccc6c6ccccc6c5c4)c4ccccc34)c3ccccc3c(-c3ccc4c5ccccc5c5ccccc5c4c3)c2c1. The summed E-state index contributed by atoms with van der Waals surface area (Å²) in [6.07, 6.45) is 0. The molecule has 0 atom stereocenters. The third-order valence-corrected chi connectivity index (χ3v) is 14.2. The van der Waals surface area contributed by atoms with Crippen LogP contribution in [-0.4, -0.2) is 0 Å². The molecule has 14 aromatic rings. The van der Waals surface area contributed by atoms with Crippen LogP contribution in [-0.2, 0) is 0 Å². The van der Waals surface area contributed by atoms with Crippen molar-refractivity contribution in [2.24, 2.45) is 0 Å². The normalized spacial score (nSPS) is 12.1. The van der Waals surface area contributed by atoms with Crippen molar-refractivity contribution < 1.29 is 0 Å². The second-order valence-electron chi connectivity index (χ2n) is 17.4. The molecule has 64 heavy (non-hydrogen) atoms. The number of fused-ring (bicyclic) bond motifs is 16. The number of rotatable bonds is 3. The van der Waals surface area contributed by atoms with Crippen molar-refractivity contribution in [2.75, 3.05) is 0 Å². The molecule has 0 saturated carbocycles. The van der Waals surface area contributed by atoms with E-state index in [1.54, 1.807) is 0 Å².